The van der Waals surface area contributed by atoms with Gasteiger partial charge in [-0.15, -0.1) is 5.10 Å². The zero-order valence-corrected chi connectivity index (χ0v) is 11.8. The number of hydrogen-bond donors (Lipinski definition) is 1. The van der Waals surface area contributed by atoms with Crippen LogP contribution >= 0.6 is 0 Å². The molecule has 19 heavy (non-hydrogen) atoms. The van der Waals surface area contributed by atoms with Gasteiger partial charge in [-0.1, -0.05) is 20.8 Å². The van der Waals surface area contributed by atoms with Gasteiger partial charge in [-0.3, -0.25) is 0 Å². The molecule has 2 aromatic heterocycles. The van der Waals surface area contributed by atoms with E-state index >= 15 is 0 Å². The maximum absolute atomic E-state index is 4.70. The van der Waals surface area contributed by atoms with Gasteiger partial charge in [0.15, 0.2) is 5.82 Å². The minimum absolute atomic E-state index is 0.789. The highest BCUT2D eigenvalue weighted by Crippen LogP contribution is 2.19. The summed E-state index contributed by atoms with van der Waals surface area (Å²) in [6, 6.07) is 3.83. The third-order valence-corrected chi connectivity index (χ3v) is 3.17. The van der Waals surface area contributed by atoms with Crippen LogP contribution in [0, 0.1) is 0 Å². The monoisotopic (exact) mass is 259 g/mol. The molecular formula is C14H21N5. The van der Waals surface area contributed by atoms with E-state index in [2.05, 4.69) is 36.3 Å². The number of nitrogens with one attached hydrogen (secondary N) is 1. The van der Waals surface area contributed by atoms with Crippen molar-refractivity contribution in [3.8, 4) is 5.82 Å². The molecule has 0 aliphatic heterocycles. The molecule has 2 aromatic rings. The molecule has 0 aliphatic carbocycles. The van der Waals surface area contributed by atoms with Crippen molar-refractivity contribution in [3.63, 3.8) is 0 Å². The highest BCUT2D eigenvalue weighted by atomic mass is 15.3. The first-order valence-corrected chi connectivity index (χ1v) is 6.90. The Kier molecular flexibility index (Phi) is 4.63. The molecule has 0 amide bonds. The van der Waals surface area contributed by atoms with Gasteiger partial charge in [0.2, 0.25) is 0 Å². The molecule has 2 rings (SSSR count). The summed E-state index contributed by atoms with van der Waals surface area (Å²) in [6.07, 6.45) is 3.55. The summed E-state index contributed by atoms with van der Waals surface area (Å²) in [5.41, 5.74) is 3.67. The molecule has 0 aromatic carbocycles. The summed E-state index contributed by atoms with van der Waals surface area (Å²) in [6.45, 7) is 8.23. The Balaban J connectivity index is 2.47. The van der Waals surface area contributed by atoms with Gasteiger partial charge in [0.05, 0.1) is 11.4 Å². The predicted octanol–water partition coefficient (Wildman–Crippen LogP) is 1.90. The standard InChI is InChI=1S/C14H21N5/c1-4-12-11(10-15-6-3)13(5-2)19(18-12)14-8-7-9-16-17-14/h7-9,15H,4-6,10H2,1-3H3. The lowest BCUT2D eigenvalue weighted by Crippen LogP contribution is -2.14. The van der Waals surface area contributed by atoms with Crippen molar-refractivity contribution in [1.29, 1.82) is 0 Å². The number of aryl methyl sites for hydroxylation is 1. The lowest BCUT2D eigenvalue weighted by atomic mass is 10.1. The summed E-state index contributed by atoms with van der Waals surface area (Å²) in [7, 11) is 0. The first-order chi connectivity index (χ1) is 9.31. The Bertz CT molecular complexity index is 518. The number of hydrogen-bond acceptors (Lipinski definition) is 4. The lowest BCUT2D eigenvalue weighted by Gasteiger charge is -2.07. The van der Waals surface area contributed by atoms with E-state index in [1.54, 1.807) is 6.20 Å². The molecule has 0 bridgehead atoms. The molecule has 0 saturated heterocycles. The van der Waals surface area contributed by atoms with E-state index in [0.29, 0.717) is 0 Å². The Morgan fingerprint density at radius 3 is 2.63 bits per heavy atom. The van der Waals surface area contributed by atoms with Crippen LogP contribution in [0.2, 0.25) is 0 Å². The quantitative estimate of drug-likeness (QED) is 0.861. The van der Waals surface area contributed by atoms with E-state index in [9.17, 15) is 0 Å². The Morgan fingerprint density at radius 2 is 2.05 bits per heavy atom. The van der Waals surface area contributed by atoms with Gasteiger partial charge >= 0.3 is 0 Å². The predicted molar refractivity (Wildman–Crippen MR) is 75.3 cm³/mol. The van der Waals surface area contributed by atoms with Crippen molar-refractivity contribution in [3.05, 3.63) is 35.3 Å². The van der Waals surface area contributed by atoms with Gasteiger partial charge in [0.1, 0.15) is 0 Å². The molecule has 5 nitrogen and oxygen atoms in total. The summed E-state index contributed by atoms with van der Waals surface area (Å²) >= 11 is 0. The van der Waals surface area contributed by atoms with Crippen LogP contribution in [0.3, 0.4) is 0 Å². The third-order valence-electron chi connectivity index (χ3n) is 3.17. The van der Waals surface area contributed by atoms with Crippen LogP contribution < -0.4 is 5.32 Å². The van der Waals surface area contributed by atoms with Crippen LogP contribution in [0.1, 0.15) is 37.7 Å². The molecule has 0 fully saturated rings. The van der Waals surface area contributed by atoms with Gasteiger partial charge in [-0.25, -0.2) is 4.68 Å². The Morgan fingerprint density at radius 1 is 1.21 bits per heavy atom. The van der Waals surface area contributed by atoms with E-state index in [0.717, 1.165) is 37.4 Å². The lowest BCUT2D eigenvalue weighted by molar-refractivity contribution is 0.710. The van der Waals surface area contributed by atoms with Crippen molar-refractivity contribution in [1.82, 2.24) is 25.3 Å². The van der Waals surface area contributed by atoms with E-state index < -0.39 is 0 Å². The van der Waals surface area contributed by atoms with Crippen LogP contribution in [-0.2, 0) is 19.4 Å². The van der Waals surface area contributed by atoms with E-state index in [-0.39, 0.29) is 0 Å². The summed E-state index contributed by atoms with van der Waals surface area (Å²) in [5.74, 6) is 0.789. The average molecular weight is 259 g/mol. The normalized spacial score (nSPS) is 10.9. The van der Waals surface area contributed by atoms with E-state index in [4.69, 9.17) is 5.10 Å². The number of rotatable bonds is 6. The highest BCUT2D eigenvalue weighted by molar-refractivity contribution is 5.33. The maximum atomic E-state index is 4.70. The second kappa shape index (κ2) is 6.43. The number of aromatic nitrogens is 4. The van der Waals surface area contributed by atoms with E-state index in [1.165, 1.54) is 11.3 Å². The van der Waals surface area contributed by atoms with Crippen molar-refractivity contribution in [2.24, 2.45) is 0 Å². The molecule has 0 saturated carbocycles. The van der Waals surface area contributed by atoms with Crippen LogP contribution in [-0.4, -0.2) is 26.5 Å². The van der Waals surface area contributed by atoms with Crippen molar-refractivity contribution >= 4 is 0 Å². The fourth-order valence-corrected chi connectivity index (χ4v) is 2.23. The van der Waals surface area contributed by atoms with Gasteiger partial charge in [0, 0.05) is 18.3 Å². The molecule has 0 aliphatic rings. The fourth-order valence-electron chi connectivity index (χ4n) is 2.23. The molecule has 0 radical (unpaired) electrons. The molecule has 1 N–H and O–H groups in total. The molecule has 0 unspecified atom stereocenters. The minimum Gasteiger partial charge on any atom is -0.313 e. The molecular weight excluding hydrogens is 238 g/mol. The van der Waals surface area contributed by atoms with Gasteiger partial charge < -0.3 is 5.32 Å². The average Bonchev–Trinajstić information content (AvgIpc) is 2.83. The van der Waals surface area contributed by atoms with Gasteiger partial charge in [-0.2, -0.15) is 10.2 Å². The third kappa shape index (κ3) is 2.81. The van der Waals surface area contributed by atoms with Gasteiger partial charge in [-0.05, 0) is 31.5 Å². The number of nitrogens with zero attached hydrogens (tertiary/aromatic N) is 4. The Hall–Kier alpha value is -1.75. The zero-order valence-electron chi connectivity index (χ0n) is 11.8. The topological polar surface area (TPSA) is 55.6 Å². The Labute approximate surface area is 114 Å². The highest BCUT2D eigenvalue weighted by Gasteiger charge is 2.16. The maximum Gasteiger partial charge on any atom is 0.175 e. The summed E-state index contributed by atoms with van der Waals surface area (Å²) < 4.78 is 1.93. The van der Waals surface area contributed by atoms with E-state index in [1.807, 2.05) is 16.8 Å². The molecule has 102 valence electrons. The second-order valence-corrected chi connectivity index (χ2v) is 4.35. The van der Waals surface area contributed by atoms with Crippen LogP contribution in [0.4, 0.5) is 0 Å². The first kappa shape index (κ1) is 13.7. The van der Waals surface area contributed by atoms with Crippen molar-refractivity contribution in [2.75, 3.05) is 6.54 Å². The second-order valence-electron chi connectivity index (χ2n) is 4.35. The van der Waals surface area contributed by atoms with Crippen LogP contribution in [0.15, 0.2) is 18.3 Å². The van der Waals surface area contributed by atoms with Crippen molar-refractivity contribution < 1.29 is 0 Å². The molecule has 5 heteroatoms. The first-order valence-electron chi connectivity index (χ1n) is 6.90. The van der Waals surface area contributed by atoms with Crippen LogP contribution in [0.5, 0.6) is 0 Å². The SMILES string of the molecule is CCNCc1c(CC)nn(-c2cccnn2)c1CC. The molecule has 2 heterocycles. The fraction of sp³-hybridized carbons (Fsp3) is 0.500. The minimum atomic E-state index is 0.789. The van der Waals surface area contributed by atoms with Crippen LogP contribution in [0.25, 0.3) is 5.82 Å². The molecule has 0 atom stereocenters. The zero-order chi connectivity index (χ0) is 13.7. The largest absolute Gasteiger partial charge is 0.313 e. The summed E-state index contributed by atoms with van der Waals surface area (Å²) in [4.78, 5) is 0. The summed E-state index contributed by atoms with van der Waals surface area (Å²) in [5, 5.41) is 16.2. The smallest absolute Gasteiger partial charge is 0.175 e. The van der Waals surface area contributed by atoms with Crippen molar-refractivity contribution in [2.45, 2.75) is 40.2 Å². The molecule has 0 spiro atoms. The van der Waals surface area contributed by atoms with Gasteiger partial charge in [0.25, 0.3) is 0 Å².